The molecule has 1 saturated heterocycles. The number of benzene rings is 1. The highest BCUT2D eigenvalue weighted by molar-refractivity contribution is 5.73. The van der Waals surface area contributed by atoms with Crippen molar-refractivity contribution in [1.29, 1.82) is 0 Å². The van der Waals surface area contributed by atoms with Crippen molar-refractivity contribution in [3.63, 3.8) is 0 Å². The van der Waals surface area contributed by atoms with Gasteiger partial charge in [-0.2, -0.15) is 0 Å². The topological polar surface area (TPSA) is 64.6 Å². The van der Waals surface area contributed by atoms with Gasteiger partial charge >= 0.3 is 6.03 Å². The van der Waals surface area contributed by atoms with E-state index in [1.807, 2.05) is 18.2 Å². The van der Waals surface area contributed by atoms with Crippen LogP contribution in [-0.2, 0) is 0 Å². The predicted octanol–water partition coefficient (Wildman–Crippen LogP) is 1.89. The molecule has 2 rings (SSSR count). The Labute approximate surface area is 132 Å². The highest BCUT2D eigenvalue weighted by Gasteiger charge is 2.23. The maximum atomic E-state index is 11.9. The van der Waals surface area contributed by atoms with Crippen LogP contribution in [0.3, 0.4) is 0 Å². The normalized spacial score (nSPS) is 17.9. The average Bonchev–Trinajstić information content (AvgIpc) is 3.02. The lowest BCUT2D eigenvalue weighted by Crippen LogP contribution is -2.42. The molecule has 2 atom stereocenters. The van der Waals surface area contributed by atoms with Gasteiger partial charge in [-0.25, -0.2) is 4.79 Å². The lowest BCUT2D eigenvalue weighted by atomic mass is 10.1. The Bertz CT molecular complexity index is 444. The molecule has 0 aliphatic carbocycles. The largest absolute Gasteiger partial charge is 0.393 e. The van der Waals surface area contributed by atoms with Crippen molar-refractivity contribution in [2.45, 2.75) is 38.3 Å². The summed E-state index contributed by atoms with van der Waals surface area (Å²) in [6.07, 6.45) is 2.64. The van der Waals surface area contributed by atoms with E-state index in [-0.39, 0.29) is 18.2 Å². The van der Waals surface area contributed by atoms with E-state index in [2.05, 4.69) is 27.7 Å². The van der Waals surface area contributed by atoms with Gasteiger partial charge in [0.05, 0.1) is 12.1 Å². The minimum atomic E-state index is -0.387. The summed E-state index contributed by atoms with van der Waals surface area (Å²) >= 11 is 0. The number of likely N-dealkylation sites (tertiary alicyclic amines) is 1. The molecule has 2 unspecified atom stereocenters. The van der Waals surface area contributed by atoms with Crippen LogP contribution in [0.4, 0.5) is 4.79 Å². The molecule has 2 amide bonds. The number of aliphatic hydroxyl groups is 1. The second-order valence-corrected chi connectivity index (χ2v) is 5.94. The van der Waals surface area contributed by atoms with E-state index in [1.54, 1.807) is 6.92 Å². The minimum Gasteiger partial charge on any atom is -0.393 e. The fourth-order valence-electron chi connectivity index (χ4n) is 2.83. The molecule has 22 heavy (non-hydrogen) atoms. The first-order valence-corrected chi connectivity index (χ1v) is 8.15. The third kappa shape index (κ3) is 5.31. The number of aliphatic hydroxyl groups excluding tert-OH is 1. The van der Waals surface area contributed by atoms with Gasteiger partial charge in [-0.1, -0.05) is 30.3 Å². The molecule has 3 N–H and O–H groups in total. The van der Waals surface area contributed by atoms with E-state index in [0.717, 1.165) is 13.1 Å². The van der Waals surface area contributed by atoms with Gasteiger partial charge in [0, 0.05) is 13.1 Å². The van der Waals surface area contributed by atoms with Crippen molar-refractivity contribution in [1.82, 2.24) is 15.5 Å². The molecule has 1 aromatic rings. The van der Waals surface area contributed by atoms with E-state index in [4.69, 9.17) is 0 Å². The minimum absolute atomic E-state index is 0.166. The molecule has 0 aromatic heterocycles. The Morgan fingerprint density at radius 3 is 2.55 bits per heavy atom. The van der Waals surface area contributed by atoms with Gasteiger partial charge in [0.1, 0.15) is 0 Å². The van der Waals surface area contributed by atoms with Gasteiger partial charge in [-0.3, -0.25) is 4.90 Å². The molecule has 0 bridgehead atoms. The van der Waals surface area contributed by atoms with Gasteiger partial charge < -0.3 is 15.7 Å². The van der Waals surface area contributed by atoms with E-state index in [1.165, 1.54) is 18.4 Å². The van der Waals surface area contributed by atoms with Crippen LogP contribution in [0.5, 0.6) is 0 Å². The van der Waals surface area contributed by atoms with Crippen LogP contribution in [-0.4, -0.2) is 48.3 Å². The first-order chi connectivity index (χ1) is 10.7. The van der Waals surface area contributed by atoms with Gasteiger partial charge in [0.25, 0.3) is 0 Å². The van der Waals surface area contributed by atoms with Crippen molar-refractivity contribution >= 4 is 6.03 Å². The Kier molecular flexibility index (Phi) is 6.68. The Hall–Kier alpha value is -1.59. The second-order valence-electron chi connectivity index (χ2n) is 5.94. The third-order valence-electron chi connectivity index (χ3n) is 4.07. The molecule has 5 heteroatoms. The third-order valence-corrected chi connectivity index (χ3v) is 4.07. The molecule has 0 saturated carbocycles. The van der Waals surface area contributed by atoms with Gasteiger partial charge in [-0.15, -0.1) is 0 Å². The number of nitrogens with zero attached hydrogens (tertiary/aromatic N) is 1. The van der Waals surface area contributed by atoms with E-state index >= 15 is 0 Å². The fraction of sp³-hybridized carbons (Fsp3) is 0.588. The Morgan fingerprint density at radius 2 is 1.91 bits per heavy atom. The number of hydrogen-bond donors (Lipinski definition) is 3. The summed E-state index contributed by atoms with van der Waals surface area (Å²) in [4.78, 5) is 14.3. The molecule has 1 fully saturated rings. The maximum Gasteiger partial charge on any atom is 0.314 e. The molecule has 1 heterocycles. The number of nitrogens with one attached hydrogen (secondary N) is 2. The number of hydrogen-bond acceptors (Lipinski definition) is 3. The molecule has 5 nitrogen and oxygen atoms in total. The van der Waals surface area contributed by atoms with Crippen molar-refractivity contribution in [2.75, 3.05) is 26.2 Å². The summed E-state index contributed by atoms with van der Waals surface area (Å²) < 4.78 is 0. The SMILES string of the molecule is CC(O)CCNC(=O)NCC(c1ccccc1)N1CCCC1. The first kappa shape index (κ1) is 16.8. The summed E-state index contributed by atoms with van der Waals surface area (Å²) in [5, 5.41) is 14.9. The molecular weight excluding hydrogens is 278 g/mol. The van der Waals surface area contributed by atoms with Crippen LogP contribution >= 0.6 is 0 Å². The number of rotatable bonds is 7. The highest BCUT2D eigenvalue weighted by atomic mass is 16.3. The second kappa shape index (κ2) is 8.76. The summed E-state index contributed by atoms with van der Waals surface area (Å²) in [6.45, 7) is 4.99. The molecule has 0 spiro atoms. The lowest BCUT2D eigenvalue weighted by molar-refractivity contribution is 0.182. The standard InChI is InChI=1S/C17H27N3O2/c1-14(21)9-10-18-17(22)19-13-16(20-11-5-6-12-20)15-7-3-2-4-8-15/h2-4,7-8,14,16,21H,5-6,9-13H2,1H3,(H2,18,19,22). The summed E-state index contributed by atoms with van der Waals surface area (Å²) in [6, 6.07) is 10.4. The molecule has 1 aliphatic heterocycles. The molecule has 0 radical (unpaired) electrons. The zero-order valence-corrected chi connectivity index (χ0v) is 13.3. The molecule has 1 aromatic carbocycles. The molecule has 122 valence electrons. The molecular formula is C17H27N3O2. The number of amides is 2. The van der Waals surface area contributed by atoms with Crippen LogP contribution in [0.2, 0.25) is 0 Å². The van der Waals surface area contributed by atoms with Crippen LogP contribution in [0.1, 0.15) is 37.8 Å². The van der Waals surface area contributed by atoms with Crippen LogP contribution < -0.4 is 10.6 Å². The van der Waals surface area contributed by atoms with E-state index in [9.17, 15) is 9.90 Å². The Balaban J connectivity index is 1.86. The van der Waals surface area contributed by atoms with Gasteiger partial charge in [0.2, 0.25) is 0 Å². The first-order valence-electron chi connectivity index (χ1n) is 8.15. The monoisotopic (exact) mass is 305 g/mol. The van der Waals surface area contributed by atoms with Crippen molar-refractivity contribution < 1.29 is 9.90 Å². The van der Waals surface area contributed by atoms with E-state index < -0.39 is 0 Å². The smallest absolute Gasteiger partial charge is 0.314 e. The summed E-state index contributed by atoms with van der Waals surface area (Å²) in [5.74, 6) is 0. The Morgan fingerprint density at radius 1 is 1.23 bits per heavy atom. The van der Waals surface area contributed by atoms with Crippen LogP contribution in [0.25, 0.3) is 0 Å². The number of carbonyl (C=O) groups is 1. The zero-order chi connectivity index (χ0) is 15.8. The zero-order valence-electron chi connectivity index (χ0n) is 13.3. The maximum absolute atomic E-state index is 11.9. The van der Waals surface area contributed by atoms with Crippen molar-refractivity contribution in [3.8, 4) is 0 Å². The highest BCUT2D eigenvalue weighted by Crippen LogP contribution is 2.24. The number of carbonyl (C=O) groups excluding carboxylic acids is 1. The average molecular weight is 305 g/mol. The van der Waals surface area contributed by atoms with Crippen molar-refractivity contribution in [3.05, 3.63) is 35.9 Å². The molecule has 1 aliphatic rings. The number of urea groups is 1. The summed E-state index contributed by atoms with van der Waals surface area (Å²) in [7, 11) is 0. The van der Waals surface area contributed by atoms with Crippen molar-refractivity contribution in [2.24, 2.45) is 0 Å². The summed E-state index contributed by atoms with van der Waals surface area (Å²) in [5.41, 5.74) is 1.24. The lowest BCUT2D eigenvalue weighted by Gasteiger charge is -2.28. The van der Waals surface area contributed by atoms with Crippen LogP contribution in [0, 0.1) is 0 Å². The fourth-order valence-corrected chi connectivity index (χ4v) is 2.83. The van der Waals surface area contributed by atoms with Crippen LogP contribution in [0.15, 0.2) is 30.3 Å². The quantitative estimate of drug-likeness (QED) is 0.721. The predicted molar refractivity (Wildman–Crippen MR) is 87.7 cm³/mol. The van der Waals surface area contributed by atoms with E-state index in [0.29, 0.717) is 19.5 Å². The van der Waals surface area contributed by atoms with Gasteiger partial charge in [-0.05, 0) is 44.8 Å². The van der Waals surface area contributed by atoms with Gasteiger partial charge in [0.15, 0.2) is 0 Å².